The summed E-state index contributed by atoms with van der Waals surface area (Å²) in [5, 5.41) is 8.07. The molecule has 0 bridgehead atoms. The molecule has 0 aromatic rings. The highest BCUT2D eigenvalue weighted by Crippen LogP contribution is 2.01. The molecule has 0 radical (unpaired) electrons. The number of aliphatic hydroxyl groups is 1. The Bertz CT molecular complexity index is 193. The summed E-state index contributed by atoms with van der Waals surface area (Å²) in [6.07, 6.45) is 1.54. The Labute approximate surface area is 108 Å². The monoisotopic (exact) mass is 264 g/mol. The minimum atomic E-state index is -0.211. The van der Waals surface area contributed by atoms with Crippen LogP contribution < -0.4 is 0 Å². The van der Waals surface area contributed by atoms with E-state index in [2.05, 4.69) is 9.47 Å². The predicted octanol–water partition coefficient (Wildman–Crippen LogP) is 0.908. The van der Waals surface area contributed by atoms with Crippen molar-refractivity contribution < 1.29 is 28.9 Å². The second-order valence-corrected chi connectivity index (χ2v) is 3.17. The van der Waals surface area contributed by atoms with Crippen molar-refractivity contribution in [2.75, 3.05) is 33.0 Å². The van der Waals surface area contributed by atoms with Gasteiger partial charge in [-0.3, -0.25) is 9.59 Å². The molecule has 0 saturated carbocycles. The van der Waals surface area contributed by atoms with Crippen molar-refractivity contribution in [2.24, 2.45) is 0 Å². The molecule has 0 unspecified atom stereocenters. The van der Waals surface area contributed by atoms with E-state index in [0.717, 1.165) is 6.42 Å². The van der Waals surface area contributed by atoms with Crippen molar-refractivity contribution in [3.8, 4) is 0 Å². The highest BCUT2D eigenvalue weighted by Gasteiger charge is 2.08. The van der Waals surface area contributed by atoms with Gasteiger partial charge in [-0.25, -0.2) is 0 Å². The molecular weight excluding hydrogens is 240 g/mol. The summed E-state index contributed by atoms with van der Waals surface area (Å²) in [4.78, 5) is 19.8. The van der Waals surface area contributed by atoms with Gasteiger partial charge in [-0.05, 0) is 20.3 Å². The molecule has 1 aliphatic rings. The number of carbonyl (C=O) groups is 2. The number of esters is 2. The van der Waals surface area contributed by atoms with Crippen LogP contribution in [0.5, 0.6) is 0 Å². The van der Waals surface area contributed by atoms with Gasteiger partial charge in [-0.2, -0.15) is 0 Å². The molecule has 1 rings (SSSR count). The van der Waals surface area contributed by atoms with Crippen LogP contribution in [0.25, 0.3) is 0 Å². The molecule has 0 spiro atoms. The van der Waals surface area contributed by atoms with Gasteiger partial charge in [-0.1, -0.05) is 0 Å². The standard InChI is InChI=1S/C4H6O2.C4H8O2.C4H10O2/c5-4-2-1-3-6-4;1-3-6-4(2)5;1-2-6-4-3-5/h1-3H2;3H2,1-2H3;5H,2-4H2,1H3. The normalized spacial score (nSPS) is 12.6. The van der Waals surface area contributed by atoms with Crippen molar-refractivity contribution >= 4 is 11.9 Å². The Balaban J connectivity index is 0. The van der Waals surface area contributed by atoms with Gasteiger partial charge in [-0.15, -0.1) is 0 Å². The fourth-order valence-corrected chi connectivity index (χ4v) is 0.887. The zero-order valence-electron chi connectivity index (χ0n) is 11.4. The van der Waals surface area contributed by atoms with Gasteiger partial charge < -0.3 is 19.3 Å². The fraction of sp³-hybridized carbons (Fsp3) is 0.833. The maximum Gasteiger partial charge on any atom is 0.305 e. The molecule has 1 saturated heterocycles. The number of ether oxygens (including phenoxy) is 3. The number of hydrogen-bond donors (Lipinski definition) is 1. The number of rotatable bonds is 4. The van der Waals surface area contributed by atoms with Crippen LogP contribution in [0.3, 0.4) is 0 Å². The highest BCUT2D eigenvalue weighted by atomic mass is 16.5. The quantitative estimate of drug-likeness (QED) is 0.600. The summed E-state index contributed by atoms with van der Waals surface area (Å²) >= 11 is 0. The second-order valence-electron chi connectivity index (χ2n) is 3.17. The van der Waals surface area contributed by atoms with Gasteiger partial charge in [0.2, 0.25) is 0 Å². The largest absolute Gasteiger partial charge is 0.466 e. The van der Waals surface area contributed by atoms with E-state index in [0.29, 0.717) is 32.8 Å². The summed E-state index contributed by atoms with van der Waals surface area (Å²) in [5.74, 6) is -0.257. The number of hydrogen-bond acceptors (Lipinski definition) is 6. The van der Waals surface area contributed by atoms with Gasteiger partial charge in [0, 0.05) is 20.0 Å². The van der Waals surface area contributed by atoms with E-state index < -0.39 is 0 Å². The summed E-state index contributed by atoms with van der Waals surface area (Å²) in [6, 6.07) is 0. The van der Waals surface area contributed by atoms with Crippen LogP contribution in [0.2, 0.25) is 0 Å². The van der Waals surface area contributed by atoms with E-state index in [1.54, 1.807) is 6.92 Å². The number of aliphatic hydroxyl groups excluding tert-OH is 1. The van der Waals surface area contributed by atoms with Crippen molar-refractivity contribution in [3.05, 3.63) is 0 Å². The lowest BCUT2D eigenvalue weighted by molar-refractivity contribution is -0.140. The maximum absolute atomic E-state index is 10.0. The van der Waals surface area contributed by atoms with Crippen LogP contribution in [-0.4, -0.2) is 50.1 Å². The van der Waals surface area contributed by atoms with Gasteiger partial charge in [0.15, 0.2) is 0 Å². The molecule has 6 heteroatoms. The molecule has 0 aliphatic carbocycles. The average Bonchev–Trinajstić information content (AvgIpc) is 2.79. The first-order valence-electron chi connectivity index (χ1n) is 6.06. The lowest BCUT2D eigenvalue weighted by Gasteiger charge is -1.91. The fourth-order valence-electron chi connectivity index (χ4n) is 0.887. The van der Waals surface area contributed by atoms with Crippen LogP contribution >= 0.6 is 0 Å². The van der Waals surface area contributed by atoms with Crippen LogP contribution in [0, 0.1) is 0 Å². The van der Waals surface area contributed by atoms with E-state index in [9.17, 15) is 9.59 Å². The van der Waals surface area contributed by atoms with Crippen LogP contribution in [0.1, 0.15) is 33.6 Å². The Morgan fingerprint density at radius 1 is 1.39 bits per heavy atom. The number of cyclic esters (lactones) is 1. The topological polar surface area (TPSA) is 82.1 Å². The van der Waals surface area contributed by atoms with Crippen LogP contribution in [0.15, 0.2) is 0 Å². The van der Waals surface area contributed by atoms with Crippen LogP contribution in [0.4, 0.5) is 0 Å². The van der Waals surface area contributed by atoms with Gasteiger partial charge >= 0.3 is 11.9 Å². The molecule has 1 heterocycles. The molecule has 1 fully saturated rings. The molecule has 1 aliphatic heterocycles. The molecule has 0 amide bonds. The van der Waals surface area contributed by atoms with Gasteiger partial charge in [0.25, 0.3) is 0 Å². The smallest absolute Gasteiger partial charge is 0.305 e. The molecular formula is C12H24O6. The molecule has 0 atom stereocenters. The lowest BCUT2D eigenvalue weighted by Crippen LogP contribution is -1.96. The zero-order chi connectivity index (χ0) is 14.2. The Hall–Kier alpha value is -1.14. The van der Waals surface area contributed by atoms with Gasteiger partial charge in [0.05, 0.1) is 26.4 Å². The minimum Gasteiger partial charge on any atom is -0.466 e. The second kappa shape index (κ2) is 15.9. The predicted molar refractivity (Wildman–Crippen MR) is 66.1 cm³/mol. The molecule has 6 nitrogen and oxygen atoms in total. The van der Waals surface area contributed by atoms with Crippen LogP contribution in [-0.2, 0) is 23.8 Å². The average molecular weight is 264 g/mol. The maximum atomic E-state index is 10.0. The molecule has 108 valence electrons. The highest BCUT2D eigenvalue weighted by molar-refractivity contribution is 5.70. The Morgan fingerprint density at radius 2 is 2.06 bits per heavy atom. The van der Waals surface area contributed by atoms with Crippen molar-refractivity contribution in [3.63, 3.8) is 0 Å². The summed E-state index contributed by atoms with van der Waals surface area (Å²) in [5.41, 5.74) is 0. The summed E-state index contributed by atoms with van der Waals surface area (Å²) < 4.78 is 13.6. The lowest BCUT2D eigenvalue weighted by atomic mass is 10.4. The SMILES string of the molecule is CCOC(C)=O.CCOCCO.O=C1CCCO1. The Morgan fingerprint density at radius 3 is 2.17 bits per heavy atom. The van der Waals surface area contributed by atoms with E-state index in [-0.39, 0.29) is 18.5 Å². The van der Waals surface area contributed by atoms with E-state index in [4.69, 9.17) is 9.84 Å². The first-order valence-corrected chi connectivity index (χ1v) is 6.06. The third-order valence-corrected chi connectivity index (χ3v) is 1.58. The van der Waals surface area contributed by atoms with Crippen molar-refractivity contribution in [1.82, 2.24) is 0 Å². The zero-order valence-corrected chi connectivity index (χ0v) is 11.4. The Kier molecular flexibility index (Phi) is 16.9. The minimum absolute atomic E-state index is 0.0463. The summed E-state index contributed by atoms with van der Waals surface area (Å²) in [6.45, 7) is 7.49. The van der Waals surface area contributed by atoms with E-state index in [1.807, 2.05) is 6.92 Å². The third kappa shape index (κ3) is 20.3. The molecule has 0 aromatic carbocycles. The molecule has 18 heavy (non-hydrogen) atoms. The first-order chi connectivity index (χ1) is 8.58. The third-order valence-electron chi connectivity index (χ3n) is 1.58. The number of carbonyl (C=O) groups excluding carboxylic acids is 2. The summed E-state index contributed by atoms with van der Waals surface area (Å²) in [7, 11) is 0. The molecule has 0 aromatic heterocycles. The van der Waals surface area contributed by atoms with E-state index >= 15 is 0 Å². The van der Waals surface area contributed by atoms with Crippen molar-refractivity contribution in [1.29, 1.82) is 0 Å². The van der Waals surface area contributed by atoms with Crippen molar-refractivity contribution in [2.45, 2.75) is 33.6 Å². The first kappa shape index (κ1) is 19.2. The molecule has 1 N–H and O–H groups in total. The van der Waals surface area contributed by atoms with E-state index in [1.165, 1.54) is 6.92 Å². The van der Waals surface area contributed by atoms with Gasteiger partial charge in [0.1, 0.15) is 0 Å².